The summed E-state index contributed by atoms with van der Waals surface area (Å²) < 4.78 is 21.0. The van der Waals surface area contributed by atoms with Crippen LogP contribution in [0.3, 0.4) is 0 Å². The lowest BCUT2D eigenvalue weighted by Gasteiger charge is -2.26. The number of pyridine rings is 2. The van der Waals surface area contributed by atoms with Crippen LogP contribution in [0.25, 0.3) is 5.65 Å². The van der Waals surface area contributed by atoms with Crippen LogP contribution in [-0.2, 0) is 0 Å². The molecule has 1 atom stereocenters. The summed E-state index contributed by atoms with van der Waals surface area (Å²) in [7, 11) is 0. The highest BCUT2D eigenvalue weighted by Crippen LogP contribution is 2.26. The van der Waals surface area contributed by atoms with Gasteiger partial charge in [0.05, 0.1) is 29.8 Å². The fourth-order valence-electron chi connectivity index (χ4n) is 4.06. The van der Waals surface area contributed by atoms with Crippen molar-refractivity contribution < 1.29 is 9.13 Å². The number of ether oxygens (including phenoxy) is 1. The van der Waals surface area contributed by atoms with Gasteiger partial charge in [-0.05, 0) is 44.9 Å². The van der Waals surface area contributed by atoms with Crippen molar-refractivity contribution in [2.75, 3.05) is 13.1 Å². The summed E-state index contributed by atoms with van der Waals surface area (Å²) >= 11 is 0. The van der Waals surface area contributed by atoms with Crippen molar-refractivity contribution in [1.82, 2.24) is 19.3 Å². The molecule has 0 radical (unpaired) electrons. The molecule has 1 aliphatic rings. The number of hydrogen-bond donors (Lipinski definition) is 1. The molecule has 0 bridgehead atoms. The Morgan fingerprint density at radius 1 is 1.23 bits per heavy atom. The summed E-state index contributed by atoms with van der Waals surface area (Å²) in [4.78, 5) is 14.9. The van der Waals surface area contributed by atoms with Gasteiger partial charge in [0.1, 0.15) is 35.0 Å². The van der Waals surface area contributed by atoms with E-state index in [1.54, 1.807) is 34.4 Å². The Hall–Kier alpha value is -4.51. The van der Waals surface area contributed by atoms with E-state index in [0.29, 0.717) is 53.0 Å². The molecule has 10 nitrogen and oxygen atoms in total. The van der Waals surface area contributed by atoms with Crippen molar-refractivity contribution in [3.05, 3.63) is 59.4 Å². The van der Waals surface area contributed by atoms with Crippen molar-refractivity contribution in [3.63, 3.8) is 0 Å². The number of hydrogen-bond acceptors (Lipinski definition) is 9. The minimum Gasteiger partial charge on any atom is -0.469 e. The molecular weight excluding hydrogens is 449 g/mol. The lowest BCUT2D eigenvalue weighted by atomic mass is 10.0. The van der Waals surface area contributed by atoms with Crippen LogP contribution in [0, 0.1) is 28.6 Å². The van der Waals surface area contributed by atoms with Crippen molar-refractivity contribution >= 4 is 17.1 Å². The maximum Gasteiger partial charge on any atom is 0.201 e. The van der Waals surface area contributed by atoms with Gasteiger partial charge in [0.25, 0.3) is 0 Å². The molecule has 0 spiro atoms. The monoisotopic (exact) mass is 473 g/mol. The zero-order valence-electron chi connectivity index (χ0n) is 19.4. The molecule has 0 aromatic carbocycles. The fourth-order valence-corrected chi connectivity index (χ4v) is 4.06. The number of imidazole rings is 1. The molecule has 0 aliphatic carbocycles. The van der Waals surface area contributed by atoms with E-state index in [1.807, 2.05) is 6.92 Å². The highest BCUT2D eigenvalue weighted by molar-refractivity contribution is 6.47. The Kier molecular flexibility index (Phi) is 6.88. The Morgan fingerprint density at radius 3 is 2.63 bits per heavy atom. The van der Waals surface area contributed by atoms with E-state index in [1.165, 1.54) is 12.3 Å². The van der Waals surface area contributed by atoms with Crippen LogP contribution in [0.15, 0.2) is 46.8 Å². The number of nitrogens with two attached hydrogens (primary N) is 1. The predicted molar refractivity (Wildman–Crippen MR) is 127 cm³/mol. The normalized spacial score (nSPS) is 16.1. The van der Waals surface area contributed by atoms with Crippen LogP contribution in [0.2, 0.25) is 0 Å². The highest BCUT2D eigenvalue weighted by atomic mass is 19.1. The van der Waals surface area contributed by atoms with Crippen molar-refractivity contribution in [1.29, 1.82) is 10.5 Å². The Labute approximate surface area is 201 Å². The van der Waals surface area contributed by atoms with Crippen LogP contribution in [0.1, 0.15) is 49.7 Å². The fraction of sp³-hybridized carbons (Fsp3) is 0.333. The molecule has 178 valence electrons. The summed E-state index contributed by atoms with van der Waals surface area (Å²) in [5.74, 6) is 5.67. The van der Waals surface area contributed by atoms with E-state index in [2.05, 4.69) is 27.3 Å². The summed E-state index contributed by atoms with van der Waals surface area (Å²) in [5.41, 5.74) is 3.04. The van der Waals surface area contributed by atoms with Crippen molar-refractivity contribution in [3.8, 4) is 18.1 Å². The van der Waals surface area contributed by atoms with Crippen molar-refractivity contribution in [2.45, 2.75) is 38.8 Å². The van der Waals surface area contributed by atoms with Gasteiger partial charge >= 0.3 is 0 Å². The summed E-state index contributed by atoms with van der Waals surface area (Å²) in [6.45, 7) is 4.94. The van der Waals surface area contributed by atoms with Crippen LogP contribution in [0.5, 0.6) is 5.88 Å². The van der Waals surface area contributed by atoms with Gasteiger partial charge in [0, 0.05) is 24.7 Å². The lowest BCUT2D eigenvalue weighted by Crippen LogP contribution is -2.32. The van der Waals surface area contributed by atoms with E-state index in [0.717, 1.165) is 19.0 Å². The number of rotatable bonds is 6. The SMILES string of the molecule is CC(=NC1CCN(C#N)CC1)/C(=N\N)c1cc(OC(C)c2ccc(F)cn2)n2c(C#N)cnc2c1. The second-order valence-electron chi connectivity index (χ2n) is 8.20. The number of piperidine rings is 1. The van der Waals surface area contributed by atoms with Gasteiger partial charge < -0.3 is 15.5 Å². The molecule has 2 N–H and O–H groups in total. The number of likely N-dealkylation sites (tertiary alicyclic amines) is 1. The molecule has 4 heterocycles. The van der Waals surface area contributed by atoms with Gasteiger partial charge in [-0.2, -0.15) is 15.6 Å². The number of fused-ring (bicyclic) bond motifs is 1. The van der Waals surface area contributed by atoms with E-state index in [-0.39, 0.29) is 6.04 Å². The second kappa shape index (κ2) is 10.2. The Balaban J connectivity index is 1.68. The minimum atomic E-state index is -0.540. The first-order chi connectivity index (χ1) is 16.9. The highest BCUT2D eigenvalue weighted by Gasteiger charge is 2.21. The quantitative estimate of drug-likeness (QED) is 0.251. The van der Waals surface area contributed by atoms with Gasteiger partial charge in [-0.3, -0.25) is 14.4 Å². The number of aliphatic imine (C=N–C) groups is 1. The first-order valence-corrected chi connectivity index (χ1v) is 11.1. The van der Waals surface area contributed by atoms with E-state index >= 15 is 0 Å². The molecule has 0 amide bonds. The second-order valence-corrected chi connectivity index (χ2v) is 8.20. The summed E-state index contributed by atoms with van der Waals surface area (Å²) in [6, 6.07) is 8.51. The molecule has 1 fully saturated rings. The average molecular weight is 474 g/mol. The predicted octanol–water partition coefficient (Wildman–Crippen LogP) is 2.95. The van der Waals surface area contributed by atoms with Gasteiger partial charge in [-0.25, -0.2) is 9.37 Å². The maximum atomic E-state index is 13.3. The summed E-state index contributed by atoms with van der Waals surface area (Å²) in [6.07, 6.45) is 5.74. The molecule has 11 heteroatoms. The lowest BCUT2D eigenvalue weighted by molar-refractivity contribution is 0.209. The molecule has 3 aromatic rings. The molecule has 1 unspecified atom stereocenters. The van der Waals surface area contributed by atoms with E-state index in [9.17, 15) is 9.65 Å². The van der Waals surface area contributed by atoms with E-state index in [4.69, 9.17) is 20.8 Å². The molecular formula is C24H24FN9O. The van der Waals surface area contributed by atoms with Gasteiger partial charge in [0.2, 0.25) is 5.88 Å². The minimum absolute atomic E-state index is 0.0667. The third-order valence-electron chi connectivity index (χ3n) is 5.88. The van der Waals surface area contributed by atoms with E-state index < -0.39 is 11.9 Å². The molecule has 35 heavy (non-hydrogen) atoms. The molecule has 1 aliphatic heterocycles. The largest absolute Gasteiger partial charge is 0.469 e. The zero-order valence-corrected chi connectivity index (χ0v) is 19.4. The maximum absolute atomic E-state index is 13.3. The average Bonchev–Trinajstić information content (AvgIpc) is 3.29. The first kappa shape index (κ1) is 23.6. The van der Waals surface area contributed by atoms with Gasteiger partial charge in [-0.15, -0.1) is 0 Å². The third kappa shape index (κ3) is 5.04. The number of nitrogens with zero attached hydrogens (tertiary/aromatic N) is 8. The van der Waals surface area contributed by atoms with Crippen LogP contribution >= 0.6 is 0 Å². The standard InChI is InChI=1S/C24H24FN9O/c1-15(31-19-5-7-33(14-27)8-6-19)24(32-28)17-9-22-30-13-20(11-26)34(22)23(10-17)35-16(2)21-4-3-18(25)12-29-21/h3-4,9-10,12-13,16,19H,5-8,28H2,1-2H3/b31-15?,32-24+. The van der Waals surface area contributed by atoms with Crippen molar-refractivity contribution in [2.24, 2.45) is 15.9 Å². The Bertz CT molecular complexity index is 1360. The number of halogens is 1. The Morgan fingerprint density at radius 2 is 2.00 bits per heavy atom. The number of aromatic nitrogens is 3. The van der Waals surface area contributed by atoms with Crippen LogP contribution in [0.4, 0.5) is 4.39 Å². The summed E-state index contributed by atoms with van der Waals surface area (Å²) in [5, 5.41) is 22.6. The number of hydrazone groups is 1. The van der Waals surface area contributed by atoms with Gasteiger partial charge in [-0.1, -0.05) is 0 Å². The topological polar surface area (TPSA) is 141 Å². The molecule has 4 rings (SSSR count). The smallest absolute Gasteiger partial charge is 0.201 e. The molecule has 1 saturated heterocycles. The third-order valence-corrected chi connectivity index (χ3v) is 5.88. The number of nitriles is 2. The van der Waals surface area contributed by atoms with Crippen LogP contribution in [-0.4, -0.2) is 49.8 Å². The zero-order chi connectivity index (χ0) is 24.9. The molecule has 0 saturated carbocycles. The van der Waals surface area contributed by atoms with Crippen LogP contribution < -0.4 is 10.6 Å². The first-order valence-electron chi connectivity index (χ1n) is 11.1. The molecule has 3 aromatic heterocycles. The van der Waals surface area contributed by atoms with Gasteiger partial charge in [0.15, 0.2) is 6.19 Å².